The van der Waals surface area contributed by atoms with Gasteiger partial charge in [0.25, 0.3) is 0 Å². The standard InChI is InChI=1S/C12H20.2C11H18.C8H14.C8H12/c1-11-4-9-3-10(5-11)7-12(2,6-9)8-11;1-11-5-8-2-9(6-11)4-10(3-8)7-11;1-7-10-3-8-2-9(5-10)6-11(7)4-8;2*1-6-4-7-2-3-8(6)5-7/h9-10H,3-8H2,1-2H3;8-10H,2-7H2,1H3;7-11H,2-6H2,1H3;6-8H,2-5H2,1H3;2-3,6-8H,4-5H2,1H3. The molecule has 16 bridgehead atoms. The largest absolute Gasteiger partial charge is 0.0851 e. The molecular formula is C50H82. The first kappa shape index (κ1) is 35.4. The van der Waals surface area contributed by atoms with Gasteiger partial charge in [-0.3, -0.25) is 0 Å². The highest BCUT2D eigenvalue weighted by atomic mass is 14.6. The summed E-state index contributed by atoms with van der Waals surface area (Å²) in [4.78, 5) is 0. The van der Waals surface area contributed by atoms with Crippen LogP contribution in [0.25, 0.3) is 0 Å². The van der Waals surface area contributed by atoms with Gasteiger partial charge in [0.05, 0.1) is 0 Å². The summed E-state index contributed by atoms with van der Waals surface area (Å²) in [7, 11) is 0. The Bertz CT molecular complexity index is 1120. The van der Waals surface area contributed by atoms with Crippen LogP contribution in [0.2, 0.25) is 0 Å². The number of fused-ring (bicyclic) bond motifs is 4. The molecule has 50 heavy (non-hydrogen) atoms. The summed E-state index contributed by atoms with van der Waals surface area (Å²) < 4.78 is 0. The Morgan fingerprint density at radius 2 is 0.860 bits per heavy atom. The van der Waals surface area contributed by atoms with Crippen LogP contribution >= 0.6 is 0 Å². The van der Waals surface area contributed by atoms with Gasteiger partial charge in [-0.15, -0.1) is 0 Å². The number of hydrogen-bond acceptors (Lipinski definition) is 0. The summed E-state index contributed by atoms with van der Waals surface area (Å²) in [6.45, 7) is 14.9. The van der Waals surface area contributed by atoms with Crippen molar-refractivity contribution in [3.63, 3.8) is 0 Å². The monoisotopic (exact) mass is 683 g/mol. The lowest BCUT2D eigenvalue weighted by atomic mass is 9.45. The third kappa shape index (κ3) is 7.40. The Hall–Kier alpha value is -0.260. The minimum atomic E-state index is 0.763. The SMILES string of the molecule is CC12CC3CC(C1)CC(C)(C3)C2.CC12CC3CC(CC(C3)C1)C2.CC1C2CC3CC(C2)CC1C3.CC1CC2C=CC1C2.CC1CC2CCC1C2. The Morgan fingerprint density at radius 3 is 1.18 bits per heavy atom. The molecule has 0 aromatic carbocycles. The second-order valence-corrected chi connectivity index (χ2v) is 24.5. The predicted octanol–water partition coefficient (Wildman–Crippen LogP) is 14.6. The van der Waals surface area contributed by atoms with E-state index in [0.29, 0.717) is 0 Å². The Labute approximate surface area is 311 Å². The van der Waals surface area contributed by atoms with Gasteiger partial charge in [-0.1, -0.05) is 60.1 Å². The number of hydrogen-bond donors (Lipinski definition) is 0. The van der Waals surface area contributed by atoms with E-state index in [1.165, 1.54) is 19.3 Å². The van der Waals surface area contributed by atoms with Crippen molar-refractivity contribution in [3.8, 4) is 0 Å². The molecule has 0 aromatic rings. The van der Waals surface area contributed by atoms with Crippen molar-refractivity contribution in [3.05, 3.63) is 12.2 Å². The van der Waals surface area contributed by atoms with Crippen molar-refractivity contribution in [1.82, 2.24) is 0 Å². The van der Waals surface area contributed by atoms with E-state index < -0.39 is 0 Å². The lowest BCUT2D eigenvalue weighted by Crippen LogP contribution is -2.49. The van der Waals surface area contributed by atoms with Crippen LogP contribution in [0.1, 0.15) is 189 Å². The van der Waals surface area contributed by atoms with Crippen molar-refractivity contribution >= 4 is 0 Å². The van der Waals surface area contributed by atoms with Gasteiger partial charge in [0.2, 0.25) is 0 Å². The molecule has 15 fully saturated rings. The van der Waals surface area contributed by atoms with E-state index in [-0.39, 0.29) is 0 Å². The molecule has 15 saturated carbocycles. The summed E-state index contributed by atoms with van der Waals surface area (Å²) >= 11 is 0. The lowest BCUT2D eigenvalue weighted by Gasteiger charge is -2.60. The van der Waals surface area contributed by atoms with Crippen LogP contribution in [0.3, 0.4) is 0 Å². The Kier molecular flexibility index (Phi) is 9.56. The predicted molar refractivity (Wildman–Crippen MR) is 213 cm³/mol. The molecule has 0 heterocycles. The second kappa shape index (κ2) is 13.5. The van der Waals surface area contributed by atoms with E-state index >= 15 is 0 Å². The normalized spacial score (nSPS) is 58.1. The van der Waals surface area contributed by atoms with E-state index in [1.807, 2.05) is 0 Å². The molecular weight excluding hydrogens is 601 g/mol. The minimum Gasteiger partial charge on any atom is -0.0851 e. The van der Waals surface area contributed by atoms with Gasteiger partial charge in [-0.05, 0) is 252 Å². The van der Waals surface area contributed by atoms with Crippen LogP contribution in [0, 0.1) is 111 Å². The maximum absolute atomic E-state index is 2.54. The molecule has 0 saturated heterocycles. The molecule has 0 N–H and O–H groups in total. The smallest absolute Gasteiger partial charge is 0.0202 e. The van der Waals surface area contributed by atoms with Crippen LogP contribution in [0.15, 0.2) is 12.2 Å². The molecule has 282 valence electrons. The molecule has 16 aliphatic carbocycles. The first-order valence-electron chi connectivity index (χ1n) is 23.5. The molecule has 0 radical (unpaired) electrons. The van der Waals surface area contributed by atoms with Gasteiger partial charge in [-0.2, -0.15) is 0 Å². The zero-order valence-corrected chi connectivity index (χ0v) is 34.2. The van der Waals surface area contributed by atoms with Crippen LogP contribution < -0.4 is 0 Å². The maximum atomic E-state index is 2.54. The Morgan fingerprint density at radius 1 is 0.380 bits per heavy atom. The molecule has 0 heteroatoms. The first-order chi connectivity index (χ1) is 23.9. The zero-order valence-electron chi connectivity index (χ0n) is 34.2. The highest BCUT2D eigenvalue weighted by Crippen LogP contribution is 2.65. The van der Waals surface area contributed by atoms with Gasteiger partial charge in [-0.25, -0.2) is 0 Å². The zero-order chi connectivity index (χ0) is 34.4. The lowest BCUT2D eigenvalue weighted by molar-refractivity contribution is -0.0920. The first-order valence-corrected chi connectivity index (χ1v) is 23.5. The van der Waals surface area contributed by atoms with Crippen LogP contribution in [-0.4, -0.2) is 0 Å². The third-order valence-corrected chi connectivity index (χ3v) is 19.4. The van der Waals surface area contributed by atoms with Crippen LogP contribution in [0.5, 0.6) is 0 Å². The van der Waals surface area contributed by atoms with Crippen molar-refractivity contribution in [1.29, 1.82) is 0 Å². The highest BCUT2D eigenvalue weighted by Gasteiger charge is 2.53. The average molecular weight is 683 g/mol. The van der Waals surface area contributed by atoms with Crippen molar-refractivity contribution in [2.24, 2.45) is 111 Å². The molecule has 6 atom stereocenters. The third-order valence-electron chi connectivity index (χ3n) is 19.4. The van der Waals surface area contributed by atoms with Gasteiger partial charge in [0, 0.05) is 0 Å². The number of rotatable bonds is 0. The van der Waals surface area contributed by atoms with E-state index in [9.17, 15) is 0 Å². The maximum Gasteiger partial charge on any atom is -0.0202 e. The molecule has 0 aliphatic heterocycles. The fourth-order valence-electron chi connectivity index (χ4n) is 18.6. The van der Waals surface area contributed by atoms with Crippen molar-refractivity contribution < 1.29 is 0 Å². The van der Waals surface area contributed by atoms with Gasteiger partial charge in [0.15, 0.2) is 0 Å². The van der Waals surface area contributed by atoms with Gasteiger partial charge < -0.3 is 0 Å². The molecule has 0 nitrogen and oxygen atoms in total. The molecule has 16 rings (SSSR count). The summed E-state index contributed by atoms with van der Waals surface area (Å²) in [5.41, 5.74) is 2.33. The van der Waals surface area contributed by atoms with E-state index in [1.54, 1.807) is 128 Å². The Balaban J connectivity index is 0.0000000849. The van der Waals surface area contributed by atoms with Crippen LogP contribution in [-0.2, 0) is 0 Å². The van der Waals surface area contributed by atoms with E-state index in [4.69, 9.17) is 0 Å². The fourth-order valence-corrected chi connectivity index (χ4v) is 18.6. The van der Waals surface area contributed by atoms with Crippen molar-refractivity contribution in [2.75, 3.05) is 0 Å². The summed E-state index contributed by atoms with van der Waals surface area (Å²) in [5, 5.41) is 0. The summed E-state index contributed by atoms with van der Waals surface area (Å²) in [6.07, 6.45) is 40.7. The van der Waals surface area contributed by atoms with Crippen molar-refractivity contribution in [2.45, 2.75) is 189 Å². The highest BCUT2D eigenvalue weighted by molar-refractivity contribution is 5.09. The quantitative estimate of drug-likeness (QED) is 0.223. The average Bonchev–Trinajstić information content (AvgIpc) is 3.81. The molecule has 0 amide bonds. The fraction of sp³-hybridized carbons (Fsp3) is 0.960. The van der Waals surface area contributed by atoms with Crippen LogP contribution in [0.4, 0.5) is 0 Å². The van der Waals surface area contributed by atoms with E-state index in [2.05, 4.69) is 53.7 Å². The molecule has 6 unspecified atom stereocenters. The molecule has 16 aliphatic rings. The van der Waals surface area contributed by atoms with Gasteiger partial charge in [0.1, 0.15) is 0 Å². The minimum absolute atomic E-state index is 0.763. The topological polar surface area (TPSA) is 0 Å². The van der Waals surface area contributed by atoms with Gasteiger partial charge >= 0.3 is 0 Å². The van der Waals surface area contributed by atoms with E-state index in [0.717, 1.165) is 111 Å². The second-order valence-electron chi connectivity index (χ2n) is 24.5. The number of allylic oxidation sites excluding steroid dienone is 2. The summed E-state index contributed by atoms with van der Waals surface area (Å²) in [6, 6.07) is 0. The molecule has 0 spiro atoms. The summed E-state index contributed by atoms with van der Waals surface area (Å²) in [5.74, 6) is 17.6. The molecule has 0 aromatic heterocycles.